The highest BCUT2D eigenvalue weighted by Crippen LogP contribution is 2.36. The first-order valence-electron chi connectivity index (χ1n) is 9.69. The molecule has 1 aromatic carbocycles. The molecule has 1 saturated carbocycles. The van der Waals surface area contributed by atoms with E-state index in [-0.39, 0.29) is 0 Å². The minimum atomic E-state index is 0.493. The molecule has 27 heavy (non-hydrogen) atoms. The van der Waals surface area contributed by atoms with Crippen LogP contribution in [0.5, 0.6) is 0 Å². The Labute approximate surface area is 161 Å². The first-order chi connectivity index (χ1) is 13.2. The molecule has 1 aliphatic carbocycles. The van der Waals surface area contributed by atoms with E-state index in [0.717, 1.165) is 48.8 Å². The Kier molecular flexibility index (Phi) is 4.85. The lowest BCUT2D eigenvalue weighted by molar-refractivity contribution is 0.459. The fourth-order valence-electron chi connectivity index (χ4n) is 3.98. The Morgan fingerprint density at radius 3 is 2.33 bits per heavy atom. The molecule has 0 radical (unpaired) electrons. The van der Waals surface area contributed by atoms with E-state index in [1.54, 1.807) is 6.33 Å². The van der Waals surface area contributed by atoms with Crippen molar-refractivity contribution in [1.82, 2.24) is 9.97 Å². The molecule has 0 spiro atoms. The molecule has 0 unspecified atom stereocenters. The van der Waals surface area contributed by atoms with Crippen LogP contribution in [-0.4, -0.2) is 49.2 Å². The van der Waals surface area contributed by atoms with Crippen molar-refractivity contribution in [2.75, 3.05) is 41.9 Å². The summed E-state index contributed by atoms with van der Waals surface area (Å²) in [5.41, 5.74) is 1.83. The summed E-state index contributed by atoms with van der Waals surface area (Å²) < 4.78 is 0. The molecule has 4 rings (SSSR count). The van der Waals surface area contributed by atoms with Crippen molar-refractivity contribution in [2.24, 2.45) is 0 Å². The molecule has 0 N–H and O–H groups in total. The van der Waals surface area contributed by atoms with Crippen molar-refractivity contribution in [3.8, 4) is 6.07 Å². The van der Waals surface area contributed by atoms with Crippen LogP contribution in [0.4, 0.5) is 17.3 Å². The number of nitrogens with zero attached hydrogens (tertiary/aromatic N) is 6. The topological polar surface area (TPSA) is 59.3 Å². The predicted molar refractivity (Wildman–Crippen MR) is 108 cm³/mol. The first-order valence-corrected chi connectivity index (χ1v) is 9.69. The normalized spacial score (nSPS) is 17.4. The lowest BCUT2D eigenvalue weighted by Crippen LogP contribution is -2.46. The summed E-state index contributed by atoms with van der Waals surface area (Å²) in [5.74, 6) is 2.00. The summed E-state index contributed by atoms with van der Waals surface area (Å²) in [4.78, 5) is 15.9. The summed E-state index contributed by atoms with van der Waals surface area (Å²) in [6.07, 6.45) is 6.34. The molecule has 1 aliphatic heterocycles. The van der Waals surface area contributed by atoms with Crippen molar-refractivity contribution < 1.29 is 0 Å². The minimum absolute atomic E-state index is 0.493. The summed E-state index contributed by atoms with van der Waals surface area (Å²) in [7, 11) is 4.03. The molecule has 6 heteroatoms. The van der Waals surface area contributed by atoms with Crippen LogP contribution in [0.1, 0.15) is 31.2 Å². The number of benzene rings is 1. The first kappa shape index (κ1) is 17.6. The molecule has 1 saturated heterocycles. The van der Waals surface area contributed by atoms with Crippen LogP contribution in [-0.2, 0) is 0 Å². The Morgan fingerprint density at radius 1 is 1.00 bits per heavy atom. The molecule has 2 aromatic rings. The van der Waals surface area contributed by atoms with Gasteiger partial charge in [0.2, 0.25) is 0 Å². The quantitative estimate of drug-likeness (QED) is 0.815. The van der Waals surface area contributed by atoms with Gasteiger partial charge in [0.1, 0.15) is 24.0 Å². The maximum absolute atomic E-state index is 9.39. The van der Waals surface area contributed by atoms with Gasteiger partial charge < -0.3 is 14.7 Å². The van der Waals surface area contributed by atoms with Gasteiger partial charge in [0, 0.05) is 45.3 Å². The van der Waals surface area contributed by atoms with Crippen molar-refractivity contribution in [2.45, 2.75) is 37.8 Å². The van der Waals surface area contributed by atoms with E-state index in [1.807, 2.05) is 37.2 Å². The lowest BCUT2D eigenvalue weighted by atomic mass is 10.0. The third-order valence-corrected chi connectivity index (χ3v) is 5.52. The van der Waals surface area contributed by atoms with Gasteiger partial charge in [0.25, 0.3) is 0 Å². The molecule has 0 bridgehead atoms. The molecule has 0 atom stereocenters. The Balaban J connectivity index is 1.50. The van der Waals surface area contributed by atoms with Crippen molar-refractivity contribution in [3.05, 3.63) is 42.2 Å². The van der Waals surface area contributed by atoms with Gasteiger partial charge >= 0.3 is 0 Å². The smallest absolute Gasteiger partial charge is 0.134 e. The van der Waals surface area contributed by atoms with Crippen LogP contribution in [0, 0.1) is 11.3 Å². The molecule has 2 heterocycles. The maximum Gasteiger partial charge on any atom is 0.134 e. The number of anilines is 3. The minimum Gasteiger partial charge on any atom is -0.370 e. The second-order valence-corrected chi connectivity index (χ2v) is 7.61. The van der Waals surface area contributed by atoms with Gasteiger partial charge in [-0.15, -0.1) is 0 Å². The molecule has 0 amide bonds. The van der Waals surface area contributed by atoms with Gasteiger partial charge in [0.05, 0.1) is 11.3 Å². The highest BCUT2D eigenvalue weighted by molar-refractivity contribution is 5.59. The zero-order valence-electron chi connectivity index (χ0n) is 16.0. The van der Waals surface area contributed by atoms with Gasteiger partial charge in [-0.05, 0) is 37.8 Å². The molecule has 140 valence electrons. The van der Waals surface area contributed by atoms with E-state index in [9.17, 15) is 5.26 Å². The molecule has 2 aliphatic rings. The number of piperidine rings is 1. The average molecular weight is 362 g/mol. The third kappa shape index (κ3) is 3.68. The summed E-state index contributed by atoms with van der Waals surface area (Å²) in [6.45, 7) is 1.94. The highest BCUT2D eigenvalue weighted by Gasteiger charge is 2.36. The maximum atomic E-state index is 9.39. The van der Waals surface area contributed by atoms with Gasteiger partial charge in [0.15, 0.2) is 0 Å². The Morgan fingerprint density at radius 2 is 1.67 bits per heavy atom. The largest absolute Gasteiger partial charge is 0.370 e. The molecular weight excluding hydrogens is 336 g/mol. The van der Waals surface area contributed by atoms with Crippen molar-refractivity contribution >= 4 is 17.3 Å². The van der Waals surface area contributed by atoms with E-state index in [1.165, 1.54) is 12.8 Å². The van der Waals surface area contributed by atoms with Crippen LogP contribution in [0.2, 0.25) is 0 Å². The summed E-state index contributed by atoms with van der Waals surface area (Å²) in [6, 6.07) is 13.4. The monoisotopic (exact) mass is 362 g/mol. The number of aromatic nitrogens is 2. The molecule has 6 nitrogen and oxygen atoms in total. The molecular formula is C21H26N6. The lowest BCUT2D eigenvalue weighted by Gasteiger charge is -2.40. The second-order valence-electron chi connectivity index (χ2n) is 7.61. The van der Waals surface area contributed by atoms with Crippen LogP contribution in [0.25, 0.3) is 0 Å². The van der Waals surface area contributed by atoms with E-state index in [4.69, 9.17) is 0 Å². The number of hydrogen-bond donors (Lipinski definition) is 0. The van der Waals surface area contributed by atoms with Crippen LogP contribution < -0.4 is 14.7 Å². The van der Waals surface area contributed by atoms with Crippen molar-refractivity contribution in [3.63, 3.8) is 0 Å². The fraction of sp³-hybridized carbons (Fsp3) is 0.476. The number of hydrogen-bond acceptors (Lipinski definition) is 6. The second kappa shape index (κ2) is 7.43. The SMILES string of the molecule is CN(C)c1cc(N(C2CC2)C2CCN(c3ccccc3C#N)CC2)ncn1. The van der Waals surface area contributed by atoms with Gasteiger partial charge in [-0.25, -0.2) is 9.97 Å². The highest BCUT2D eigenvalue weighted by atomic mass is 15.3. The van der Waals surface area contributed by atoms with Crippen LogP contribution in [0.3, 0.4) is 0 Å². The number of nitriles is 1. The standard InChI is InChI=1S/C21H26N6/c1-25(2)20-13-21(24-15-23-20)27(17-7-8-17)18-9-11-26(12-10-18)19-6-4-3-5-16(19)14-22/h3-6,13,15,17-18H,7-12H2,1-2H3. The Hall–Kier alpha value is -2.81. The predicted octanol–water partition coefficient (Wildman–Crippen LogP) is 3.05. The Bertz CT molecular complexity index is 831. The van der Waals surface area contributed by atoms with E-state index < -0.39 is 0 Å². The van der Waals surface area contributed by atoms with E-state index >= 15 is 0 Å². The number of para-hydroxylation sites is 1. The zero-order chi connectivity index (χ0) is 18.8. The average Bonchev–Trinajstić information content (AvgIpc) is 3.54. The van der Waals surface area contributed by atoms with Gasteiger partial charge in [-0.2, -0.15) is 5.26 Å². The van der Waals surface area contributed by atoms with Crippen molar-refractivity contribution in [1.29, 1.82) is 5.26 Å². The van der Waals surface area contributed by atoms with Crippen LogP contribution >= 0.6 is 0 Å². The fourth-order valence-corrected chi connectivity index (χ4v) is 3.98. The van der Waals surface area contributed by atoms with Gasteiger partial charge in [-0.3, -0.25) is 0 Å². The number of rotatable bonds is 5. The van der Waals surface area contributed by atoms with Crippen LogP contribution in [0.15, 0.2) is 36.7 Å². The summed E-state index contributed by atoms with van der Waals surface area (Å²) >= 11 is 0. The van der Waals surface area contributed by atoms with E-state index in [0.29, 0.717) is 12.1 Å². The molecule has 2 fully saturated rings. The van der Waals surface area contributed by atoms with E-state index in [2.05, 4.69) is 38.0 Å². The van der Waals surface area contributed by atoms with Gasteiger partial charge in [-0.1, -0.05) is 12.1 Å². The molecule has 1 aromatic heterocycles. The third-order valence-electron chi connectivity index (χ3n) is 5.52. The zero-order valence-corrected chi connectivity index (χ0v) is 16.0. The summed E-state index contributed by atoms with van der Waals surface area (Å²) in [5, 5.41) is 9.39.